The van der Waals surface area contributed by atoms with Gasteiger partial charge < -0.3 is 10.2 Å². The largest absolute Gasteiger partial charge is 0.352 e. The summed E-state index contributed by atoms with van der Waals surface area (Å²) in [4.78, 5) is 25.8. The molecule has 0 bridgehead atoms. The van der Waals surface area contributed by atoms with E-state index in [9.17, 15) is 9.59 Å². The maximum Gasteiger partial charge on any atom is 0.228 e. The number of carbonyl (C=O) groups is 2. The number of likely N-dealkylation sites (tertiary alicyclic amines) is 1. The van der Waals surface area contributed by atoms with Gasteiger partial charge >= 0.3 is 0 Å². The fourth-order valence-corrected chi connectivity index (χ4v) is 3.87. The fraction of sp³-hybridized carbons (Fsp3) is 0.867. The van der Waals surface area contributed by atoms with Crippen molar-refractivity contribution in [3.63, 3.8) is 0 Å². The Morgan fingerprint density at radius 3 is 2.53 bits per heavy atom. The Hall–Kier alpha value is -1.06. The number of nitrogens with zero attached hydrogens (tertiary/aromatic N) is 1. The molecule has 0 radical (unpaired) electrons. The van der Waals surface area contributed by atoms with E-state index in [1.165, 1.54) is 25.7 Å². The Labute approximate surface area is 114 Å². The summed E-state index contributed by atoms with van der Waals surface area (Å²) in [6.07, 6.45) is 7.04. The summed E-state index contributed by atoms with van der Waals surface area (Å²) in [5, 5.41) is 3.30. The van der Waals surface area contributed by atoms with Gasteiger partial charge in [0.05, 0.1) is 5.41 Å². The third-order valence-electron chi connectivity index (χ3n) is 5.57. The molecule has 1 saturated heterocycles. The van der Waals surface area contributed by atoms with Crippen LogP contribution in [0.4, 0.5) is 0 Å². The first-order chi connectivity index (χ1) is 8.95. The molecule has 4 heteroatoms. The molecule has 1 aliphatic heterocycles. The van der Waals surface area contributed by atoms with Gasteiger partial charge in [0.15, 0.2) is 0 Å². The van der Waals surface area contributed by atoms with Crippen molar-refractivity contribution in [1.29, 1.82) is 0 Å². The highest BCUT2D eigenvalue weighted by Crippen LogP contribution is 2.57. The Bertz CT molecular complexity index is 416. The van der Waals surface area contributed by atoms with E-state index in [1.807, 2.05) is 6.92 Å². The summed E-state index contributed by atoms with van der Waals surface area (Å²) in [5.74, 6) is 0.241. The molecular weight excluding hydrogens is 240 g/mol. The summed E-state index contributed by atoms with van der Waals surface area (Å²) in [6.45, 7) is 4.88. The second kappa shape index (κ2) is 4.22. The highest BCUT2D eigenvalue weighted by molar-refractivity contribution is 5.85. The van der Waals surface area contributed by atoms with E-state index >= 15 is 0 Å². The molecule has 1 N–H and O–H groups in total. The first kappa shape index (κ1) is 12.9. The highest BCUT2D eigenvalue weighted by atomic mass is 16.2. The Morgan fingerprint density at radius 1 is 1.21 bits per heavy atom. The van der Waals surface area contributed by atoms with Gasteiger partial charge in [0, 0.05) is 26.1 Å². The minimum absolute atomic E-state index is 0.0797. The van der Waals surface area contributed by atoms with Crippen LogP contribution in [0.1, 0.15) is 52.4 Å². The molecule has 2 unspecified atom stereocenters. The molecule has 3 fully saturated rings. The first-order valence-corrected chi connectivity index (χ1v) is 7.52. The van der Waals surface area contributed by atoms with Gasteiger partial charge in [0.1, 0.15) is 0 Å². The van der Waals surface area contributed by atoms with Crippen molar-refractivity contribution < 1.29 is 9.59 Å². The lowest BCUT2D eigenvalue weighted by Crippen LogP contribution is -2.47. The molecule has 3 rings (SSSR count). The van der Waals surface area contributed by atoms with Crippen molar-refractivity contribution in [1.82, 2.24) is 10.2 Å². The monoisotopic (exact) mass is 264 g/mol. The van der Waals surface area contributed by atoms with Gasteiger partial charge in [-0.25, -0.2) is 0 Å². The van der Waals surface area contributed by atoms with E-state index in [1.54, 1.807) is 11.8 Å². The average molecular weight is 264 g/mol. The maximum absolute atomic E-state index is 12.6. The van der Waals surface area contributed by atoms with Crippen molar-refractivity contribution in [3.05, 3.63) is 0 Å². The molecule has 2 atom stereocenters. The normalized spacial score (nSPS) is 35.7. The zero-order chi connectivity index (χ0) is 13.7. The molecule has 2 amide bonds. The van der Waals surface area contributed by atoms with Gasteiger partial charge in [0.2, 0.25) is 11.8 Å². The number of hydrogen-bond acceptors (Lipinski definition) is 2. The lowest BCUT2D eigenvalue weighted by Gasteiger charge is -2.28. The highest BCUT2D eigenvalue weighted by Gasteiger charge is 2.53. The van der Waals surface area contributed by atoms with Gasteiger partial charge in [-0.2, -0.15) is 0 Å². The molecule has 0 aromatic heterocycles. The van der Waals surface area contributed by atoms with Crippen molar-refractivity contribution in [2.45, 2.75) is 58.4 Å². The van der Waals surface area contributed by atoms with Crippen LogP contribution < -0.4 is 5.32 Å². The minimum Gasteiger partial charge on any atom is -0.352 e. The third kappa shape index (κ3) is 2.15. The van der Waals surface area contributed by atoms with Gasteiger partial charge in [-0.3, -0.25) is 9.59 Å². The Morgan fingerprint density at radius 2 is 1.95 bits per heavy atom. The number of carbonyl (C=O) groups excluding carboxylic acids is 2. The third-order valence-corrected chi connectivity index (χ3v) is 5.57. The zero-order valence-corrected chi connectivity index (χ0v) is 12.0. The number of amides is 2. The van der Waals surface area contributed by atoms with Crippen LogP contribution in [-0.4, -0.2) is 35.8 Å². The summed E-state index contributed by atoms with van der Waals surface area (Å²) in [7, 11) is 0. The quantitative estimate of drug-likeness (QED) is 0.825. The van der Waals surface area contributed by atoms with Crippen LogP contribution in [0.2, 0.25) is 0 Å². The SMILES string of the molecule is CC(=O)N1CCC(C)(C(=O)NC2CCCC23CC3)C1. The van der Waals surface area contributed by atoms with E-state index in [0.29, 0.717) is 18.0 Å². The van der Waals surface area contributed by atoms with E-state index in [-0.39, 0.29) is 17.2 Å². The van der Waals surface area contributed by atoms with E-state index in [4.69, 9.17) is 0 Å². The van der Waals surface area contributed by atoms with Crippen molar-refractivity contribution in [2.24, 2.45) is 10.8 Å². The fourth-order valence-electron chi connectivity index (χ4n) is 3.87. The van der Waals surface area contributed by atoms with Crippen molar-refractivity contribution >= 4 is 11.8 Å². The molecule has 106 valence electrons. The average Bonchev–Trinajstić information content (AvgIpc) is 2.85. The molecule has 1 spiro atoms. The van der Waals surface area contributed by atoms with Crippen LogP contribution in [0.3, 0.4) is 0 Å². The topological polar surface area (TPSA) is 49.4 Å². The molecule has 4 nitrogen and oxygen atoms in total. The molecular formula is C15H24N2O2. The number of hydrogen-bond donors (Lipinski definition) is 1. The number of nitrogens with one attached hydrogen (secondary N) is 1. The summed E-state index contributed by atoms with van der Waals surface area (Å²) in [6, 6.07) is 0.392. The second-order valence-corrected chi connectivity index (χ2v) is 7.03. The summed E-state index contributed by atoms with van der Waals surface area (Å²) >= 11 is 0. The molecule has 19 heavy (non-hydrogen) atoms. The van der Waals surface area contributed by atoms with Crippen LogP contribution in [-0.2, 0) is 9.59 Å². The van der Waals surface area contributed by atoms with E-state index < -0.39 is 0 Å². The van der Waals surface area contributed by atoms with Gasteiger partial charge in [-0.05, 0) is 44.4 Å². The van der Waals surface area contributed by atoms with Crippen molar-refractivity contribution in [2.75, 3.05) is 13.1 Å². The summed E-state index contributed by atoms with van der Waals surface area (Å²) < 4.78 is 0. The van der Waals surface area contributed by atoms with Crippen LogP contribution >= 0.6 is 0 Å². The van der Waals surface area contributed by atoms with Crippen LogP contribution in [0, 0.1) is 10.8 Å². The van der Waals surface area contributed by atoms with Crippen molar-refractivity contribution in [3.8, 4) is 0 Å². The first-order valence-electron chi connectivity index (χ1n) is 7.52. The van der Waals surface area contributed by atoms with Gasteiger partial charge in [-0.15, -0.1) is 0 Å². The maximum atomic E-state index is 12.6. The van der Waals surface area contributed by atoms with Gasteiger partial charge in [-0.1, -0.05) is 6.42 Å². The predicted molar refractivity (Wildman–Crippen MR) is 72.4 cm³/mol. The second-order valence-electron chi connectivity index (χ2n) is 7.03. The standard InChI is InChI=1S/C15H24N2O2/c1-11(18)17-9-8-14(2,10-17)13(19)16-12-4-3-5-15(12)6-7-15/h12H,3-10H2,1-2H3,(H,16,19). The number of rotatable bonds is 2. The Kier molecular flexibility index (Phi) is 2.88. The molecule has 0 aromatic carbocycles. The van der Waals surface area contributed by atoms with Gasteiger partial charge in [0.25, 0.3) is 0 Å². The predicted octanol–water partition coefficient (Wildman–Crippen LogP) is 1.69. The molecule has 1 heterocycles. The van der Waals surface area contributed by atoms with E-state index in [0.717, 1.165) is 19.4 Å². The van der Waals surface area contributed by atoms with Crippen LogP contribution in [0.5, 0.6) is 0 Å². The Balaban J connectivity index is 1.63. The molecule has 2 aliphatic carbocycles. The van der Waals surface area contributed by atoms with Crippen LogP contribution in [0.15, 0.2) is 0 Å². The van der Waals surface area contributed by atoms with Crippen LogP contribution in [0.25, 0.3) is 0 Å². The smallest absolute Gasteiger partial charge is 0.228 e. The lowest BCUT2D eigenvalue weighted by molar-refractivity contribution is -0.132. The zero-order valence-electron chi connectivity index (χ0n) is 12.0. The van der Waals surface area contributed by atoms with E-state index in [2.05, 4.69) is 5.32 Å². The molecule has 2 saturated carbocycles. The molecule has 0 aromatic rings. The lowest BCUT2D eigenvalue weighted by atomic mass is 9.87. The molecule has 3 aliphatic rings. The summed E-state index contributed by atoms with van der Waals surface area (Å²) in [5.41, 5.74) is 0.0647. The minimum atomic E-state index is -0.385.